The lowest BCUT2D eigenvalue weighted by atomic mass is 10.1. The summed E-state index contributed by atoms with van der Waals surface area (Å²) in [6.45, 7) is 8.54. The summed E-state index contributed by atoms with van der Waals surface area (Å²) in [6, 6.07) is 18.3. The Kier molecular flexibility index (Phi) is 6.97. The van der Waals surface area contributed by atoms with Crippen molar-refractivity contribution in [3.8, 4) is 5.75 Å². The number of nitrogens with one attached hydrogen (secondary N) is 1. The molecular formula is C25H29N5O2. The number of aryl methyl sites for hydroxylation is 2. The first-order valence-electron chi connectivity index (χ1n) is 10.9. The van der Waals surface area contributed by atoms with Gasteiger partial charge in [0.15, 0.2) is 6.61 Å². The van der Waals surface area contributed by atoms with Gasteiger partial charge >= 0.3 is 0 Å². The van der Waals surface area contributed by atoms with E-state index in [1.54, 1.807) is 0 Å². The summed E-state index contributed by atoms with van der Waals surface area (Å²) in [5, 5.41) is 2.82. The number of aromatic nitrogens is 2. The topological polar surface area (TPSA) is 70.6 Å². The Labute approximate surface area is 189 Å². The van der Waals surface area contributed by atoms with Crippen molar-refractivity contribution >= 4 is 17.5 Å². The van der Waals surface area contributed by atoms with Crippen LogP contribution >= 0.6 is 0 Å². The van der Waals surface area contributed by atoms with Gasteiger partial charge < -0.3 is 15.0 Å². The van der Waals surface area contributed by atoms with Crippen LogP contribution in [0.2, 0.25) is 0 Å². The van der Waals surface area contributed by atoms with Crippen molar-refractivity contribution in [1.82, 2.24) is 14.9 Å². The second kappa shape index (κ2) is 10.2. The highest BCUT2D eigenvalue weighted by Gasteiger charge is 2.19. The van der Waals surface area contributed by atoms with Gasteiger partial charge in [0.05, 0.1) is 0 Å². The Bertz CT molecular complexity index is 1050. The van der Waals surface area contributed by atoms with Crippen LogP contribution in [-0.2, 0) is 11.3 Å². The van der Waals surface area contributed by atoms with E-state index in [0.717, 1.165) is 55.4 Å². The number of piperazine rings is 1. The van der Waals surface area contributed by atoms with Crippen LogP contribution in [0.3, 0.4) is 0 Å². The molecule has 1 aromatic heterocycles. The van der Waals surface area contributed by atoms with Gasteiger partial charge in [-0.25, -0.2) is 9.97 Å². The molecule has 0 bridgehead atoms. The van der Waals surface area contributed by atoms with E-state index in [1.165, 1.54) is 11.9 Å². The lowest BCUT2D eigenvalue weighted by Crippen LogP contribution is -2.46. The number of benzene rings is 2. The second-order valence-corrected chi connectivity index (χ2v) is 8.12. The predicted octanol–water partition coefficient (Wildman–Crippen LogP) is 3.43. The first kappa shape index (κ1) is 21.8. The Morgan fingerprint density at radius 2 is 1.78 bits per heavy atom. The molecule has 1 saturated heterocycles. The van der Waals surface area contributed by atoms with Gasteiger partial charge in [0, 0.05) is 38.8 Å². The summed E-state index contributed by atoms with van der Waals surface area (Å²) < 4.78 is 5.69. The smallest absolute Gasteiger partial charge is 0.263 e. The quantitative estimate of drug-likeness (QED) is 0.618. The molecular weight excluding hydrogens is 402 g/mol. The van der Waals surface area contributed by atoms with Gasteiger partial charge in [-0.2, -0.15) is 0 Å². The van der Waals surface area contributed by atoms with Gasteiger partial charge in [0.2, 0.25) is 0 Å². The Morgan fingerprint density at radius 3 is 2.56 bits per heavy atom. The van der Waals surface area contributed by atoms with E-state index >= 15 is 0 Å². The number of nitrogens with zero attached hydrogens (tertiary/aromatic N) is 4. The molecule has 1 N–H and O–H groups in total. The molecule has 7 nitrogen and oxygen atoms in total. The number of anilines is 2. The van der Waals surface area contributed by atoms with Gasteiger partial charge in [0.1, 0.15) is 23.7 Å². The first-order chi connectivity index (χ1) is 15.6. The maximum Gasteiger partial charge on any atom is 0.263 e. The van der Waals surface area contributed by atoms with Crippen molar-refractivity contribution in [1.29, 1.82) is 0 Å². The molecule has 0 saturated carbocycles. The molecule has 0 unspecified atom stereocenters. The summed E-state index contributed by atoms with van der Waals surface area (Å²) in [6.07, 6.45) is 1.49. The highest BCUT2D eigenvalue weighted by atomic mass is 16.5. The number of ether oxygens (including phenoxy) is 1. The van der Waals surface area contributed by atoms with Crippen LogP contribution in [0.5, 0.6) is 5.75 Å². The molecule has 0 radical (unpaired) electrons. The van der Waals surface area contributed by atoms with E-state index in [4.69, 9.17) is 4.74 Å². The van der Waals surface area contributed by atoms with Crippen LogP contribution in [0.15, 0.2) is 60.9 Å². The average molecular weight is 432 g/mol. The fourth-order valence-corrected chi connectivity index (χ4v) is 3.75. The maximum absolute atomic E-state index is 12.4. The molecule has 166 valence electrons. The molecule has 1 amide bonds. The van der Waals surface area contributed by atoms with Gasteiger partial charge in [-0.05, 0) is 36.6 Å². The zero-order chi connectivity index (χ0) is 22.3. The molecule has 2 heterocycles. The van der Waals surface area contributed by atoms with Crippen molar-refractivity contribution in [2.24, 2.45) is 0 Å². The minimum Gasteiger partial charge on any atom is -0.483 e. The Morgan fingerprint density at radius 1 is 1.00 bits per heavy atom. The van der Waals surface area contributed by atoms with E-state index in [9.17, 15) is 4.79 Å². The maximum atomic E-state index is 12.4. The fraction of sp³-hybridized carbons (Fsp3) is 0.320. The van der Waals surface area contributed by atoms with Crippen LogP contribution in [0.4, 0.5) is 11.6 Å². The van der Waals surface area contributed by atoms with Gasteiger partial charge in [-0.15, -0.1) is 0 Å². The summed E-state index contributed by atoms with van der Waals surface area (Å²) >= 11 is 0. The third-order valence-electron chi connectivity index (χ3n) is 5.57. The molecule has 0 aliphatic carbocycles. The van der Waals surface area contributed by atoms with Crippen molar-refractivity contribution in [3.05, 3.63) is 77.6 Å². The average Bonchev–Trinajstić information content (AvgIpc) is 2.81. The fourth-order valence-electron chi connectivity index (χ4n) is 3.75. The number of hydrogen-bond acceptors (Lipinski definition) is 6. The monoisotopic (exact) mass is 431 g/mol. The molecule has 7 heteroatoms. The molecule has 0 spiro atoms. The Hall–Kier alpha value is -3.45. The van der Waals surface area contributed by atoms with Gasteiger partial charge in [-0.3, -0.25) is 9.69 Å². The first-order valence-corrected chi connectivity index (χ1v) is 10.9. The molecule has 2 aromatic carbocycles. The lowest BCUT2D eigenvalue weighted by molar-refractivity contribution is -0.118. The molecule has 1 aliphatic rings. The van der Waals surface area contributed by atoms with Crippen molar-refractivity contribution in [3.63, 3.8) is 0 Å². The van der Waals surface area contributed by atoms with E-state index in [0.29, 0.717) is 5.82 Å². The van der Waals surface area contributed by atoms with Crippen molar-refractivity contribution in [2.45, 2.75) is 20.4 Å². The normalized spacial score (nSPS) is 14.2. The highest BCUT2D eigenvalue weighted by molar-refractivity contribution is 5.91. The summed E-state index contributed by atoms with van der Waals surface area (Å²) in [5.74, 6) is 1.78. The summed E-state index contributed by atoms with van der Waals surface area (Å²) in [7, 11) is 0. The second-order valence-electron chi connectivity index (χ2n) is 8.12. The van der Waals surface area contributed by atoms with Crippen molar-refractivity contribution in [2.75, 3.05) is 43.0 Å². The summed E-state index contributed by atoms with van der Waals surface area (Å²) in [4.78, 5) is 25.6. The molecule has 32 heavy (non-hydrogen) atoms. The number of carbonyl (C=O) groups excluding carboxylic acids is 1. The zero-order valence-corrected chi connectivity index (χ0v) is 18.6. The third-order valence-corrected chi connectivity index (χ3v) is 5.57. The number of hydrogen-bond donors (Lipinski definition) is 1. The zero-order valence-electron chi connectivity index (χ0n) is 18.6. The van der Waals surface area contributed by atoms with E-state index in [1.807, 2.05) is 44.2 Å². The van der Waals surface area contributed by atoms with Gasteiger partial charge in [0.25, 0.3) is 5.91 Å². The highest BCUT2D eigenvalue weighted by Crippen LogP contribution is 2.20. The van der Waals surface area contributed by atoms with Crippen LogP contribution in [-0.4, -0.2) is 53.6 Å². The molecule has 1 aliphatic heterocycles. The Balaban J connectivity index is 1.29. The molecule has 4 rings (SSSR count). The molecule has 0 atom stereocenters. The van der Waals surface area contributed by atoms with Crippen LogP contribution < -0.4 is 15.0 Å². The molecule has 3 aromatic rings. The number of carbonyl (C=O) groups is 1. The predicted molar refractivity (Wildman–Crippen MR) is 126 cm³/mol. The van der Waals surface area contributed by atoms with Gasteiger partial charge in [-0.1, -0.05) is 42.5 Å². The van der Waals surface area contributed by atoms with E-state index in [-0.39, 0.29) is 12.5 Å². The van der Waals surface area contributed by atoms with Crippen molar-refractivity contribution < 1.29 is 9.53 Å². The van der Waals surface area contributed by atoms with E-state index in [2.05, 4.69) is 49.4 Å². The minimum atomic E-state index is -0.247. The van der Waals surface area contributed by atoms with Crippen LogP contribution in [0.1, 0.15) is 16.7 Å². The standard InChI is InChI=1S/C25H29N5O2/c1-19-8-9-20(2)22(14-19)32-17-25(31)28-23-15-24(27-18-26-23)30-12-10-29(11-13-30)16-21-6-4-3-5-7-21/h3-9,14-15,18H,10-13,16-17H2,1-2H3,(H,26,27,28,31). The number of amides is 1. The van der Waals surface area contributed by atoms with E-state index < -0.39 is 0 Å². The molecule has 1 fully saturated rings. The largest absolute Gasteiger partial charge is 0.483 e. The SMILES string of the molecule is Cc1ccc(C)c(OCC(=O)Nc2cc(N3CCN(Cc4ccccc4)CC3)ncn2)c1. The number of rotatable bonds is 7. The van der Waals surface area contributed by atoms with Crippen LogP contribution in [0.25, 0.3) is 0 Å². The summed E-state index contributed by atoms with van der Waals surface area (Å²) in [5.41, 5.74) is 3.42. The lowest BCUT2D eigenvalue weighted by Gasteiger charge is -2.35. The minimum absolute atomic E-state index is 0.0677. The van der Waals surface area contributed by atoms with Crippen LogP contribution in [0, 0.1) is 13.8 Å². The third kappa shape index (κ3) is 5.82.